The van der Waals surface area contributed by atoms with Crippen LogP contribution in [0.3, 0.4) is 0 Å². The second kappa shape index (κ2) is 8.09. The number of nitrogens with one attached hydrogen (secondary N) is 3. The number of aromatic nitrogens is 2. The number of hydrogen-bond acceptors (Lipinski definition) is 6. The van der Waals surface area contributed by atoms with Crippen molar-refractivity contribution in [2.24, 2.45) is 0 Å². The van der Waals surface area contributed by atoms with E-state index in [9.17, 15) is 22.8 Å². The molecule has 2 amide bonds. The lowest BCUT2D eigenvalue weighted by Gasteiger charge is -2.10. The Morgan fingerprint density at radius 3 is 2.38 bits per heavy atom. The summed E-state index contributed by atoms with van der Waals surface area (Å²) in [7, 11) is -3.96. The molecule has 0 bridgehead atoms. The fourth-order valence-electron chi connectivity index (χ4n) is 3.15. The maximum Gasteiger partial charge on any atom is 0.333 e. The molecule has 0 radical (unpaired) electrons. The molecule has 3 N–H and O–H groups in total. The number of sulfonamides is 1. The molecular formula is C21H18N4O5S2. The third-order valence-corrected chi connectivity index (χ3v) is 7.61. The third-order valence-electron chi connectivity index (χ3n) is 4.88. The Balaban J connectivity index is 1.60. The number of nitrogens with zero attached hydrogens (tertiary/aromatic N) is 1. The summed E-state index contributed by atoms with van der Waals surface area (Å²) in [5, 5.41) is 4.38. The molecule has 4 rings (SSSR count). The van der Waals surface area contributed by atoms with Crippen LogP contribution in [0, 0.1) is 13.8 Å². The molecule has 0 aliphatic carbocycles. The van der Waals surface area contributed by atoms with Crippen molar-refractivity contribution in [2.75, 3.05) is 5.32 Å². The topological polar surface area (TPSA) is 130 Å². The number of anilines is 1. The lowest BCUT2D eigenvalue weighted by atomic mass is 10.1. The Hall–Kier alpha value is -3.70. The zero-order valence-electron chi connectivity index (χ0n) is 17.0. The summed E-state index contributed by atoms with van der Waals surface area (Å²) in [5.41, 5.74) is 1.87. The molecule has 9 nitrogen and oxygen atoms in total. The van der Waals surface area contributed by atoms with Crippen LogP contribution in [0.1, 0.15) is 11.1 Å². The van der Waals surface area contributed by atoms with Crippen molar-refractivity contribution in [3.63, 3.8) is 0 Å². The van der Waals surface area contributed by atoms with Crippen LogP contribution in [0.25, 0.3) is 16.6 Å². The summed E-state index contributed by atoms with van der Waals surface area (Å²) in [5.74, 6) is 0. The molecule has 0 atom stereocenters. The lowest BCUT2D eigenvalue weighted by molar-refractivity contribution is 0.256. The fraction of sp³-hybridized carbons (Fsp3) is 0.0952. The van der Waals surface area contributed by atoms with E-state index < -0.39 is 27.3 Å². The van der Waals surface area contributed by atoms with Gasteiger partial charge < -0.3 is 10.3 Å². The number of aromatic amines is 1. The molecule has 0 fully saturated rings. The number of thiophene rings is 1. The lowest BCUT2D eigenvalue weighted by Crippen LogP contribution is -2.34. The highest BCUT2D eigenvalue weighted by Crippen LogP contribution is 2.17. The first kappa shape index (κ1) is 21.5. The van der Waals surface area contributed by atoms with Crippen molar-refractivity contribution in [1.29, 1.82) is 0 Å². The molecule has 4 aromatic rings. The van der Waals surface area contributed by atoms with Crippen LogP contribution in [0.4, 0.5) is 10.5 Å². The fourth-order valence-corrected chi connectivity index (χ4v) is 5.05. The molecule has 164 valence electrons. The van der Waals surface area contributed by atoms with Crippen LogP contribution in [-0.2, 0) is 10.0 Å². The van der Waals surface area contributed by atoms with Crippen LogP contribution in [0.5, 0.6) is 0 Å². The molecule has 0 spiro atoms. The first-order valence-electron chi connectivity index (χ1n) is 9.40. The molecule has 0 aliphatic heterocycles. The number of H-pyrrole nitrogens is 1. The van der Waals surface area contributed by atoms with Gasteiger partial charge in [0.2, 0.25) is 0 Å². The number of hydrogen-bond donors (Lipinski definition) is 3. The Morgan fingerprint density at radius 1 is 1.03 bits per heavy atom. The standard InChI is InChI=1S/C21H18N4O5S2/c1-12-10-16-17(11-13(12)2)23-21(28)25(19(16)26)15-7-5-14(6-8-15)22-20(27)24-32(29,30)18-4-3-9-31-18/h3-11H,1-2H3,(H,23,28)(H2,22,24,27). The average Bonchev–Trinajstić information content (AvgIpc) is 3.27. The normalized spacial score (nSPS) is 11.4. The summed E-state index contributed by atoms with van der Waals surface area (Å²) >= 11 is 0.987. The van der Waals surface area contributed by atoms with Crippen molar-refractivity contribution < 1.29 is 13.2 Å². The number of aryl methyl sites for hydroxylation is 2. The SMILES string of the molecule is Cc1cc2[nH]c(=O)n(-c3ccc(NC(=O)NS(=O)(=O)c4cccs4)cc3)c(=O)c2cc1C. The van der Waals surface area contributed by atoms with E-state index in [0.717, 1.165) is 27.0 Å². The predicted molar refractivity (Wildman–Crippen MR) is 123 cm³/mol. The molecular weight excluding hydrogens is 452 g/mol. The van der Waals surface area contributed by atoms with Gasteiger partial charge in [-0.25, -0.2) is 27.3 Å². The van der Waals surface area contributed by atoms with Crippen LogP contribution in [0.15, 0.2) is 67.7 Å². The van der Waals surface area contributed by atoms with E-state index in [4.69, 9.17) is 0 Å². The number of urea groups is 1. The summed E-state index contributed by atoms with van der Waals surface area (Å²) in [4.78, 5) is 40.3. The minimum absolute atomic E-state index is 0.0170. The molecule has 11 heteroatoms. The van der Waals surface area contributed by atoms with E-state index in [2.05, 4.69) is 10.3 Å². The molecule has 0 aliphatic rings. The summed E-state index contributed by atoms with van der Waals surface area (Å²) in [6.07, 6.45) is 0. The van der Waals surface area contributed by atoms with E-state index in [0.29, 0.717) is 16.6 Å². The average molecular weight is 471 g/mol. The zero-order chi connectivity index (χ0) is 23.0. The van der Waals surface area contributed by atoms with E-state index in [-0.39, 0.29) is 9.90 Å². The van der Waals surface area contributed by atoms with Gasteiger partial charge in [-0.1, -0.05) is 6.07 Å². The Bertz CT molecular complexity index is 1550. The monoisotopic (exact) mass is 470 g/mol. The Labute approximate surface area is 186 Å². The Morgan fingerprint density at radius 2 is 1.72 bits per heavy atom. The van der Waals surface area contributed by atoms with Gasteiger partial charge in [0.05, 0.1) is 16.6 Å². The highest BCUT2D eigenvalue weighted by molar-refractivity contribution is 7.92. The number of rotatable bonds is 4. The van der Waals surface area contributed by atoms with Crippen LogP contribution < -0.4 is 21.3 Å². The van der Waals surface area contributed by atoms with Crippen LogP contribution >= 0.6 is 11.3 Å². The van der Waals surface area contributed by atoms with Crippen LogP contribution in [-0.4, -0.2) is 24.0 Å². The minimum Gasteiger partial charge on any atom is -0.307 e. The summed E-state index contributed by atoms with van der Waals surface area (Å²) in [6, 6.07) is 11.4. The number of fused-ring (bicyclic) bond motifs is 1. The smallest absolute Gasteiger partial charge is 0.307 e. The van der Waals surface area contributed by atoms with Gasteiger partial charge in [-0.2, -0.15) is 0 Å². The number of carbonyl (C=O) groups excluding carboxylic acids is 1. The van der Waals surface area contributed by atoms with Gasteiger partial charge in [0.15, 0.2) is 0 Å². The maximum absolute atomic E-state index is 12.9. The van der Waals surface area contributed by atoms with Crippen LogP contribution in [0.2, 0.25) is 0 Å². The minimum atomic E-state index is -3.96. The molecule has 2 heterocycles. The highest BCUT2D eigenvalue weighted by Gasteiger charge is 2.18. The number of amides is 2. The molecule has 32 heavy (non-hydrogen) atoms. The quantitative estimate of drug-likeness (QED) is 0.422. The summed E-state index contributed by atoms with van der Waals surface area (Å²) in [6.45, 7) is 3.78. The number of carbonyl (C=O) groups is 1. The Kier molecular flexibility index (Phi) is 5.45. The molecule has 0 unspecified atom stereocenters. The van der Waals surface area contributed by atoms with Crippen molar-refractivity contribution in [3.05, 3.63) is 85.9 Å². The van der Waals surface area contributed by atoms with Gasteiger partial charge in [0.1, 0.15) is 4.21 Å². The zero-order valence-corrected chi connectivity index (χ0v) is 18.6. The van der Waals surface area contributed by atoms with Crippen molar-refractivity contribution in [1.82, 2.24) is 14.3 Å². The molecule has 0 saturated carbocycles. The van der Waals surface area contributed by atoms with Crippen molar-refractivity contribution >= 4 is 44.0 Å². The predicted octanol–water partition coefficient (Wildman–Crippen LogP) is 2.87. The number of benzene rings is 2. The van der Waals surface area contributed by atoms with E-state index in [1.54, 1.807) is 23.6 Å². The van der Waals surface area contributed by atoms with Crippen molar-refractivity contribution in [2.45, 2.75) is 18.1 Å². The molecule has 0 saturated heterocycles. The van der Waals surface area contributed by atoms with Crippen molar-refractivity contribution in [3.8, 4) is 5.69 Å². The van der Waals surface area contributed by atoms with E-state index in [1.165, 1.54) is 30.3 Å². The van der Waals surface area contributed by atoms with Gasteiger partial charge in [-0.3, -0.25) is 4.79 Å². The van der Waals surface area contributed by atoms with Gasteiger partial charge in [-0.05, 0) is 72.8 Å². The van der Waals surface area contributed by atoms with Gasteiger partial charge in [0, 0.05) is 5.69 Å². The third kappa shape index (κ3) is 4.07. The van der Waals surface area contributed by atoms with E-state index >= 15 is 0 Å². The first-order chi connectivity index (χ1) is 15.2. The van der Waals surface area contributed by atoms with Gasteiger partial charge in [-0.15, -0.1) is 11.3 Å². The first-order valence-corrected chi connectivity index (χ1v) is 11.8. The molecule has 2 aromatic carbocycles. The largest absolute Gasteiger partial charge is 0.333 e. The maximum atomic E-state index is 12.9. The van der Waals surface area contributed by atoms with Gasteiger partial charge >= 0.3 is 11.7 Å². The van der Waals surface area contributed by atoms with Gasteiger partial charge in [0.25, 0.3) is 15.6 Å². The van der Waals surface area contributed by atoms with E-state index in [1.807, 2.05) is 18.6 Å². The second-order valence-corrected chi connectivity index (χ2v) is 9.95. The second-order valence-electron chi connectivity index (χ2n) is 7.09. The summed E-state index contributed by atoms with van der Waals surface area (Å²) < 4.78 is 27.2. The highest BCUT2D eigenvalue weighted by atomic mass is 32.2. The molecule has 2 aromatic heterocycles.